The van der Waals surface area contributed by atoms with Crippen LogP contribution < -0.4 is 16.0 Å². The quantitative estimate of drug-likeness (QED) is 0.0910. The lowest BCUT2D eigenvalue weighted by Gasteiger charge is -2.33. The number of carbonyl (C=O) groups excluding carboxylic acids is 4. The van der Waals surface area contributed by atoms with Crippen LogP contribution in [0.25, 0.3) is 6.08 Å². The lowest BCUT2D eigenvalue weighted by molar-refractivity contribution is -0.114. The van der Waals surface area contributed by atoms with E-state index in [1.165, 1.54) is 42.5 Å². The molecule has 0 fully saturated rings. The molecular formula is C36H37N3O6S2. The summed E-state index contributed by atoms with van der Waals surface area (Å²) in [5, 5.41) is 8.97. The molecule has 9 nitrogen and oxygen atoms in total. The summed E-state index contributed by atoms with van der Waals surface area (Å²) in [6.45, 7) is 6.70. The zero-order valence-electron chi connectivity index (χ0n) is 26.7. The predicted octanol–water partition coefficient (Wildman–Crippen LogP) is 7.42. The summed E-state index contributed by atoms with van der Waals surface area (Å²) in [5.41, 5.74) is 2.47. The third-order valence-corrected chi connectivity index (χ3v) is 10.1. The molecule has 5 rings (SSSR count). The van der Waals surface area contributed by atoms with Crippen molar-refractivity contribution >= 4 is 63.6 Å². The maximum atomic E-state index is 13.3. The van der Waals surface area contributed by atoms with E-state index in [0.29, 0.717) is 33.5 Å². The first-order valence-electron chi connectivity index (χ1n) is 15.2. The van der Waals surface area contributed by atoms with Crippen molar-refractivity contribution in [2.24, 2.45) is 11.3 Å². The summed E-state index contributed by atoms with van der Waals surface area (Å²) in [4.78, 5) is 53.9. The molecule has 1 aliphatic rings. The van der Waals surface area contributed by atoms with Crippen LogP contribution in [-0.2, 0) is 27.2 Å². The molecule has 11 heteroatoms. The molecule has 0 bridgehead atoms. The van der Waals surface area contributed by atoms with Crippen molar-refractivity contribution in [3.63, 3.8) is 0 Å². The summed E-state index contributed by atoms with van der Waals surface area (Å²) < 4.78 is 10.4. The van der Waals surface area contributed by atoms with Crippen molar-refractivity contribution in [2.45, 2.75) is 44.9 Å². The number of esters is 1. The highest BCUT2D eigenvalue weighted by atomic mass is 32.2. The minimum Gasteiger partial charge on any atom is -0.465 e. The molecule has 3 N–H and O–H groups in total. The molecule has 1 unspecified atom stereocenters. The molecule has 0 spiro atoms. The van der Waals surface area contributed by atoms with Crippen molar-refractivity contribution in [1.82, 2.24) is 5.32 Å². The van der Waals surface area contributed by atoms with Gasteiger partial charge in [-0.25, -0.2) is 4.79 Å². The van der Waals surface area contributed by atoms with Gasteiger partial charge < -0.3 is 25.1 Å². The molecule has 47 heavy (non-hydrogen) atoms. The van der Waals surface area contributed by atoms with Gasteiger partial charge in [0.15, 0.2) is 0 Å². The van der Waals surface area contributed by atoms with Gasteiger partial charge in [0.25, 0.3) is 11.8 Å². The number of hydrogen-bond acceptors (Lipinski definition) is 8. The zero-order chi connectivity index (χ0) is 33.6. The van der Waals surface area contributed by atoms with Crippen LogP contribution in [0.15, 0.2) is 88.0 Å². The number of carbonyl (C=O) groups is 4. The van der Waals surface area contributed by atoms with E-state index in [9.17, 15) is 19.2 Å². The monoisotopic (exact) mass is 671 g/mol. The highest BCUT2D eigenvalue weighted by Crippen LogP contribution is 2.44. The van der Waals surface area contributed by atoms with Crippen LogP contribution in [-0.4, -0.2) is 36.6 Å². The van der Waals surface area contributed by atoms with Crippen LogP contribution >= 0.6 is 23.1 Å². The number of furan rings is 1. The van der Waals surface area contributed by atoms with Crippen LogP contribution in [0.3, 0.4) is 0 Å². The number of hydrogen-bond donors (Lipinski definition) is 3. The number of nitrogens with one attached hydrogen (secondary N) is 3. The minimum atomic E-state index is -0.545. The van der Waals surface area contributed by atoms with Gasteiger partial charge in [0.2, 0.25) is 5.91 Å². The third-order valence-electron chi connectivity index (χ3n) is 7.95. The number of methoxy groups -OCH3 is 1. The number of fused-ring (bicyclic) bond motifs is 1. The van der Waals surface area contributed by atoms with Crippen molar-refractivity contribution in [2.75, 3.05) is 23.5 Å². The normalized spacial score (nSPS) is 14.6. The van der Waals surface area contributed by atoms with E-state index in [0.717, 1.165) is 34.6 Å². The zero-order valence-corrected chi connectivity index (χ0v) is 28.3. The Bertz CT molecular complexity index is 1790. The first-order valence-corrected chi connectivity index (χ1v) is 17.0. The summed E-state index contributed by atoms with van der Waals surface area (Å²) in [6.07, 6.45) is 5.55. The Kier molecular flexibility index (Phi) is 10.7. The second-order valence-electron chi connectivity index (χ2n) is 12.2. The summed E-state index contributed by atoms with van der Waals surface area (Å²) in [5.74, 6) is -0.711. The summed E-state index contributed by atoms with van der Waals surface area (Å²) in [7, 11) is 1.35. The lowest BCUT2D eigenvalue weighted by atomic mass is 9.72. The second-order valence-corrected chi connectivity index (χ2v) is 14.4. The first-order chi connectivity index (χ1) is 22.5. The molecule has 2 aromatic heterocycles. The van der Waals surface area contributed by atoms with Gasteiger partial charge in [-0.05, 0) is 78.6 Å². The van der Waals surface area contributed by atoms with E-state index in [-0.39, 0.29) is 22.8 Å². The van der Waals surface area contributed by atoms with E-state index in [2.05, 4.69) is 36.7 Å². The molecular weight excluding hydrogens is 635 g/mol. The average molecular weight is 672 g/mol. The van der Waals surface area contributed by atoms with E-state index in [1.807, 2.05) is 6.07 Å². The fourth-order valence-corrected chi connectivity index (χ4v) is 7.45. The van der Waals surface area contributed by atoms with Crippen molar-refractivity contribution in [1.29, 1.82) is 0 Å². The predicted molar refractivity (Wildman–Crippen MR) is 186 cm³/mol. The van der Waals surface area contributed by atoms with Crippen LogP contribution in [0.4, 0.5) is 10.7 Å². The lowest BCUT2D eigenvalue weighted by Crippen LogP contribution is -2.30. The van der Waals surface area contributed by atoms with Crippen molar-refractivity contribution < 1.29 is 28.3 Å². The number of rotatable bonds is 10. The Labute approximate surface area is 282 Å². The topological polar surface area (TPSA) is 127 Å². The number of thiophene rings is 1. The van der Waals surface area contributed by atoms with E-state index < -0.39 is 17.8 Å². The molecule has 2 aromatic carbocycles. The van der Waals surface area contributed by atoms with E-state index >= 15 is 0 Å². The third kappa shape index (κ3) is 8.60. The fraction of sp³-hybridized carbons (Fsp3) is 0.278. The van der Waals surface area contributed by atoms with E-state index in [4.69, 9.17) is 9.15 Å². The van der Waals surface area contributed by atoms with Gasteiger partial charge in [-0.15, -0.1) is 23.1 Å². The Balaban J connectivity index is 1.24. The number of benzene rings is 2. The van der Waals surface area contributed by atoms with Gasteiger partial charge in [0.1, 0.15) is 16.5 Å². The van der Waals surface area contributed by atoms with Gasteiger partial charge in [0.05, 0.1) is 24.7 Å². The SMILES string of the molecule is COC(=O)c1c(NC(=O)CSc2cccc(NC(=O)/C(=C/c3ccco3)NC(=O)c3ccccc3)c2)sc2c1CCC(C(C)(C)C)C2. The number of ether oxygens (including phenoxy) is 1. The van der Waals surface area contributed by atoms with Crippen LogP contribution in [0.2, 0.25) is 0 Å². The minimum absolute atomic E-state index is 0.000105. The van der Waals surface area contributed by atoms with Gasteiger partial charge in [0, 0.05) is 27.1 Å². The summed E-state index contributed by atoms with van der Waals surface area (Å²) >= 11 is 2.75. The smallest absolute Gasteiger partial charge is 0.341 e. The van der Waals surface area contributed by atoms with Crippen LogP contribution in [0.5, 0.6) is 0 Å². The average Bonchev–Trinajstić information content (AvgIpc) is 3.70. The largest absolute Gasteiger partial charge is 0.465 e. The standard InChI is InChI=1S/C36H37N3O6S2/c1-36(2,3)23-15-16-27-29(18-23)47-34(31(27)35(43)44-4)39-30(40)21-46-26-14-8-12-24(19-26)37-33(42)28(20-25-13-9-17-45-25)38-32(41)22-10-6-5-7-11-22/h5-14,17,19-20,23H,15-16,18,21H2,1-4H3,(H,37,42)(H,38,41)(H,39,40)/b28-20-. The Morgan fingerprint density at radius 1 is 1.02 bits per heavy atom. The fourth-order valence-electron chi connectivity index (χ4n) is 5.36. The second kappa shape index (κ2) is 14.9. The Morgan fingerprint density at radius 2 is 1.81 bits per heavy atom. The molecule has 0 saturated carbocycles. The van der Waals surface area contributed by atoms with Crippen molar-refractivity contribution in [3.8, 4) is 0 Å². The van der Waals surface area contributed by atoms with Crippen LogP contribution in [0, 0.1) is 11.3 Å². The maximum Gasteiger partial charge on any atom is 0.341 e. The molecule has 1 atom stereocenters. The Morgan fingerprint density at radius 3 is 2.51 bits per heavy atom. The van der Waals surface area contributed by atoms with E-state index in [1.54, 1.807) is 60.7 Å². The van der Waals surface area contributed by atoms with Crippen molar-refractivity contribution in [3.05, 3.63) is 106 Å². The number of amides is 3. The molecule has 244 valence electrons. The van der Waals surface area contributed by atoms with Gasteiger partial charge in [-0.1, -0.05) is 45.0 Å². The van der Waals surface area contributed by atoms with Crippen LogP contribution in [0.1, 0.15) is 64.1 Å². The highest BCUT2D eigenvalue weighted by Gasteiger charge is 2.34. The maximum absolute atomic E-state index is 13.3. The number of anilines is 2. The molecule has 0 saturated heterocycles. The molecule has 3 amide bonds. The summed E-state index contributed by atoms with van der Waals surface area (Å²) in [6, 6.07) is 19.0. The molecule has 1 aliphatic carbocycles. The molecule has 2 heterocycles. The molecule has 0 radical (unpaired) electrons. The highest BCUT2D eigenvalue weighted by molar-refractivity contribution is 8.00. The molecule has 0 aliphatic heterocycles. The Hall–Kier alpha value is -4.61. The van der Waals surface area contributed by atoms with Gasteiger partial charge >= 0.3 is 5.97 Å². The van der Waals surface area contributed by atoms with Gasteiger partial charge in [-0.3, -0.25) is 14.4 Å². The van der Waals surface area contributed by atoms with Gasteiger partial charge in [-0.2, -0.15) is 0 Å². The molecule has 4 aromatic rings. The first kappa shape index (κ1) is 33.7. The number of thioether (sulfide) groups is 1.